The molecule has 2 aromatic rings. The molecule has 21 heavy (non-hydrogen) atoms. The maximum atomic E-state index is 13.8. The third kappa shape index (κ3) is 2.75. The van der Waals surface area contributed by atoms with E-state index in [1.165, 1.54) is 17.7 Å². The fourth-order valence-corrected chi connectivity index (χ4v) is 2.88. The Morgan fingerprint density at radius 3 is 2.86 bits per heavy atom. The van der Waals surface area contributed by atoms with Crippen LogP contribution in [0.5, 0.6) is 0 Å². The van der Waals surface area contributed by atoms with Crippen molar-refractivity contribution in [2.24, 2.45) is 0 Å². The molecule has 108 valence electrons. The normalized spacial score (nSPS) is 17.1. The molecule has 1 aliphatic carbocycles. The number of hydrogen-bond acceptors (Lipinski definition) is 2. The molecular weight excluding hydrogens is 267 g/mol. The number of carbonyl (C=O) groups excluding carboxylic acids is 1. The van der Waals surface area contributed by atoms with Gasteiger partial charge in [0.2, 0.25) is 5.91 Å². The van der Waals surface area contributed by atoms with Crippen LogP contribution in [-0.2, 0) is 11.2 Å². The Bertz CT molecular complexity index is 684. The molecular formula is C17H17FN2O. The molecule has 0 fully saturated rings. The molecule has 3 nitrogen and oxygen atoms in total. The van der Waals surface area contributed by atoms with Crippen molar-refractivity contribution in [3.63, 3.8) is 0 Å². The van der Waals surface area contributed by atoms with Crippen LogP contribution in [0, 0.1) is 5.82 Å². The predicted octanol–water partition coefficient (Wildman–Crippen LogP) is 3.47. The number of hydrogen-bond donors (Lipinski definition) is 2. The van der Waals surface area contributed by atoms with Crippen molar-refractivity contribution >= 4 is 17.3 Å². The van der Waals surface area contributed by atoms with E-state index in [0.29, 0.717) is 5.69 Å². The summed E-state index contributed by atoms with van der Waals surface area (Å²) >= 11 is 0. The van der Waals surface area contributed by atoms with Gasteiger partial charge in [0.25, 0.3) is 0 Å². The van der Waals surface area contributed by atoms with Gasteiger partial charge in [0.15, 0.2) is 0 Å². The highest BCUT2D eigenvalue weighted by molar-refractivity contribution is 5.96. The van der Waals surface area contributed by atoms with Crippen LogP contribution in [0.4, 0.5) is 15.8 Å². The second kappa shape index (κ2) is 5.56. The van der Waals surface area contributed by atoms with Gasteiger partial charge in [-0.05, 0) is 48.6 Å². The van der Waals surface area contributed by atoms with Gasteiger partial charge in [-0.25, -0.2) is 4.39 Å². The number of fused-ring (bicyclic) bond motifs is 1. The van der Waals surface area contributed by atoms with Gasteiger partial charge < -0.3 is 11.1 Å². The van der Waals surface area contributed by atoms with Crippen molar-refractivity contribution in [3.05, 3.63) is 59.4 Å². The lowest BCUT2D eigenvalue weighted by molar-refractivity contribution is -0.117. The summed E-state index contributed by atoms with van der Waals surface area (Å²) in [7, 11) is 0. The largest absolute Gasteiger partial charge is 0.399 e. The average molecular weight is 284 g/mol. The number of nitrogen functional groups attached to an aromatic ring is 1. The smallest absolute Gasteiger partial charge is 0.232 e. The molecule has 1 unspecified atom stereocenters. The molecule has 0 heterocycles. The first-order chi connectivity index (χ1) is 10.1. The molecule has 0 saturated carbocycles. The van der Waals surface area contributed by atoms with E-state index in [-0.39, 0.29) is 17.5 Å². The third-order valence-corrected chi connectivity index (χ3v) is 3.94. The van der Waals surface area contributed by atoms with Crippen LogP contribution >= 0.6 is 0 Å². The van der Waals surface area contributed by atoms with Crippen molar-refractivity contribution in [2.75, 3.05) is 11.1 Å². The van der Waals surface area contributed by atoms with E-state index < -0.39 is 5.82 Å². The van der Waals surface area contributed by atoms with Crippen LogP contribution in [0.1, 0.15) is 29.9 Å². The second-order valence-corrected chi connectivity index (χ2v) is 5.37. The number of amides is 1. The van der Waals surface area contributed by atoms with Crippen molar-refractivity contribution in [1.82, 2.24) is 0 Å². The highest BCUT2D eigenvalue weighted by Crippen LogP contribution is 2.32. The van der Waals surface area contributed by atoms with Crippen molar-refractivity contribution in [1.29, 1.82) is 0 Å². The lowest BCUT2D eigenvalue weighted by Gasteiger charge is -2.24. The minimum Gasteiger partial charge on any atom is -0.399 e. The first-order valence-corrected chi connectivity index (χ1v) is 7.09. The first-order valence-electron chi connectivity index (χ1n) is 7.09. The second-order valence-electron chi connectivity index (χ2n) is 5.37. The van der Waals surface area contributed by atoms with E-state index in [4.69, 9.17) is 5.73 Å². The molecule has 4 heteroatoms. The number of nitrogens with one attached hydrogen (secondary N) is 1. The van der Waals surface area contributed by atoms with E-state index in [2.05, 4.69) is 11.4 Å². The van der Waals surface area contributed by atoms with E-state index in [0.717, 1.165) is 24.8 Å². The van der Waals surface area contributed by atoms with Crippen LogP contribution in [0.25, 0.3) is 0 Å². The molecule has 2 aromatic carbocycles. The van der Waals surface area contributed by atoms with Crippen LogP contribution in [-0.4, -0.2) is 5.91 Å². The van der Waals surface area contributed by atoms with Gasteiger partial charge in [-0.15, -0.1) is 0 Å². The molecule has 3 N–H and O–H groups in total. The van der Waals surface area contributed by atoms with Crippen LogP contribution in [0.3, 0.4) is 0 Å². The molecule has 0 spiro atoms. The van der Waals surface area contributed by atoms with E-state index in [1.807, 2.05) is 18.2 Å². The summed E-state index contributed by atoms with van der Waals surface area (Å²) in [4.78, 5) is 12.5. The van der Waals surface area contributed by atoms with Crippen molar-refractivity contribution in [2.45, 2.75) is 25.2 Å². The summed E-state index contributed by atoms with van der Waals surface area (Å²) in [5, 5.41) is 2.68. The summed E-state index contributed by atoms with van der Waals surface area (Å²) in [6.45, 7) is 0. The molecule has 0 aromatic heterocycles. The number of anilines is 2. The summed E-state index contributed by atoms with van der Waals surface area (Å²) < 4.78 is 13.8. The molecule has 1 amide bonds. The number of rotatable bonds is 2. The Hall–Kier alpha value is -2.36. The highest BCUT2D eigenvalue weighted by Gasteiger charge is 2.26. The zero-order valence-corrected chi connectivity index (χ0v) is 11.6. The maximum Gasteiger partial charge on any atom is 0.232 e. The third-order valence-electron chi connectivity index (χ3n) is 3.94. The molecule has 0 radical (unpaired) electrons. The van der Waals surface area contributed by atoms with Gasteiger partial charge >= 0.3 is 0 Å². The van der Waals surface area contributed by atoms with E-state index in [9.17, 15) is 9.18 Å². The van der Waals surface area contributed by atoms with Gasteiger partial charge in [0.05, 0.1) is 11.6 Å². The Kier molecular flexibility index (Phi) is 3.60. The van der Waals surface area contributed by atoms with Gasteiger partial charge in [-0.1, -0.05) is 24.3 Å². The average Bonchev–Trinajstić information content (AvgIpc) is 2.49. The van der Waals surface area contributed by atoms with E-state index >= 15 is 0 Å². The molecule has 3 rings (SSSR count). The van der Waals surface area contributed by atoms with Gasteiger partial charge in [0, 0.05) is 5.69 Å². The van der Waals surface area contributed by atoms with Gasteiger partial charge in [-0.3, -0.25) is 4.79 Å². The fraction of sp³-hybridized carbons (Fsp3) is 0.235. The van der Waals surface area contributed by atoms with E-state index in [1.54, 1.807) is 6.07 Å². The van der Waals surface area contributed by atoms with Crippen LogP contribution < -0.4 is 11.1 Å². The topological polar surface area (TPSA) is 55.1 Å². The Balaban J connectivity index is 1.83. The Morgan fingerprint density at radius 2 is 2.05 bits per heavy atom. The van der Waals surface area contributed by atoms with Crippen molar-refractivity contribution in [3.8, 4) is 0 Å². The summed E-state index contributed by atoms with van der Waals surface area (Å²) in [5.74, 6) is -0.884. The Morgan fingerprint density at radius 1 is 1.24 bits per heavy atom. The number of carbonyl (C=O) groups is 1. The van der Waals surface area contributed by atoms with Gasteiger partial charge in [-0.2, -0.15) is 0 Å². The number of benzene rings is 2. The maximum absolute atomic E-state index is 13.8. The molecule has 1 atom stereocenters. The predicted molar refractivity (Wildman–Crippen MR) is 81.6 cm³/mol. The fourth-order valence-electron chi connectivity index (χ4n) is 2.88. The summed E-state index contributed by atoms with van der Waals surface area (Å²) in [6, 6.07) is 12.2. The number of nitrogens with two attached hydrogens (primary N) is 1. The van der Waals surface area contributed by atoms with Crippen LogP contribution in [0.2, 0.25) is 0 Å². The Labute approximate surface area is 123 Å². The highest BCUT2D eigenvalue weighted by atomic mass is 19.1. The number of halogens is 1. The SMILES string of the molecule is Nc1ccc(NC(=O)C2CCCc3ccccc32)c(F)c1. The molecule has 0 bridgehead atoms. The zero-order chi connectivity index (χ0) is 14.8. The minimum atomic E-state index is -0.507. The van der Waals surface area contributed by atoms with Gasteiger partial charge in [0.1, 0.15) is 5.82 Å². The number of aryl methyl sites for hydroxylation is 1. The molecule has 1 aliphatic rings. The quantitative estimate of drug-likeness (QED) is 0.830. The van der Waals surface area contributed by atoms with Crippen molar-refractivity contribution < 1.29 is 9.18 Å². The molecule has 0 saturated heterocycles. The molecule has 0 aliphatic heterocycles. The summed E-state index contributed by atoms with van der Waals surface area (Å²) in [5.41, 5.74) is 8.29. The zero-order valence-electron chi connectivity index (χ0n) is 11.6. The lowest BCUT2D eigenvalue weighted by Crippen LogP contribution is -2.25. The standard InChI is InChI=1S/C17H17FN2O/c18-15-10-12(19)8-9-16(15)20-17(21)14-7-3-5-11-4-1-2-6-13(11)14/h1-2,4,6,8-10,14H,3,5,7,19H2,(H,20,21). The minimum absolute atomic E-state index is 0.161. The monoisotopic (exact) mass is 284 g/mol. The van der Waals surface area contributed by atoms with Crippen LogP contribution in [0.15, 0.2) is 42.5 Å². The first kappa shape index (κ1) is 13.6. The lowest BCUT2D eigenvalue weighted by atomic mass is 9.82. The summed E-state index contributed by atoms with van der Waals surface area (Å²) in [6.07, 6.45) is 2.76.